The van der Waals surface area contributed by atoms with Gasteiger partial charge in [-0.3, -0.25) is 14.2 Å². The van der Waals surface area contributed by atoms with Gasteiger partial charge in [-0.25, -0.2) is 8.42 Å². The highest BCUT2D eigenvalue weighted by Crippen LogP contribution is 2.41. The molecule has 4 heterocycles. The Morgan fingerprint density at radius 2 is 1.97 bits per heavy atom. The molecule has 1 aromatic heterocycles. The molecule has 0 aliphatic carbocycles. The van der Waals surface area contributed by atoms with E-state index in [4.69, 9.17) is 4.74 Å². The topological polar surface area (TPSA) is 78.0 Å². The number of piperazine rings is 1. The molecule has 3 aliphatic heterocycles. The first-order valence-electron chi connectivity index (χ1n) is 9.96. The number of fused-ring (bicyclic) bond motifs is 2. The number of anilines is 2. The van der Waals surface area contributed by atoms with Crippen molar-refractivity contribution in [2.24, 2.45) is 0 Å². The molecule has 0 bridgehead atoms. The van der Waals surface area contributed by atoms with Crippen LogP contribution >= 0.6 is 0 Å². The van der Waals surface area contributed by atoms with Crippen molar-refractivity contribution < 1.29 is 13.2 Å². The fourth-order valence-electron chi connectivity index (χ4n) is 4.35. The van der Waals surface area contributed by atoms with Gasteiger partial charge in [-0.1, -0.05) is 0 Å². The molecule has 29 heavy (non-hydrogen) atoms. The van der Waals surface area contributed by atoms with Crippen LogP contribution in [0.5, 0.6) is 5.75 Å². The van der Waals surface area contributed by atoms with Crippen LogP contribution in [0.3, 0.4) is 0 Å². The van der Waals surface area contributed by atoms with E-state index in [0.717, 1.165) is 49.9 Å². The van der Waals surface area contributed by atoms with Gasteiger partial charge >= 0.3 is 0 Å². The van der Waals surface area contributed by atoms with Crippen LogP contribution < -0.4 is 19.3 Å². The highest BCUT2D eigenvalue weighted by Gasteiger charge is 2.40. The van der Waals surface area contributed by atoms with E-state index in [1.807, 2.05) is 18.0 Å². The van der Waals surface area contributed by atoms with Crippen LogP contribution in [0.4, 0.5) is 11.4 Å². The second kappa shape index (κ2) is 7.16. The first kappa shape index (κ1) is 18.7. The zero-order chi connectivity index (χ0) is 20.0. The fourth-order valence-corrected chi connectivity index (χ4v) is 5.85. The number of nitrogens with one attached hydrogen (secondary N) is 1. The summed E-state index contributed by atoms with van der Waals surface area (Å²) >= 11 is 0. The average Bonchev–Trinajstić information content (AvgIpc) is 3.15. The van der Waals surface area contributed by atoms with Gasteiger partial charge < -0.3 is 15.0 Å². The Balaban J connectivity index is 1.52. The van der Waals surface area contributed by atoms with Gasteiger partial charge in [-0.15, -0.1) is 0 Å². The standard InChI is InChI=1S/C20H25N5O3S/c1-23-11-12-28-19-5-4-15(13-17(19)23)29(26,27)25-14-18(24-9-7-21-8-10-24)20-16(25)3-2-6-22-20/h2-6,13,18,21H,7-12,14H2,1H3. The van der Waals surface area contributed by atoms with E-state index < -0.39 is 10.0 Å². The van der Waals surface area contributed by atoms with E-state index in [9.17, 15) is 8.42 Å². The molecular formula is C20H25N5O3S. The van der Waals surface area contributed by atoms with Gasteiger partial charge in [0.2, 0.25) is 0 Å². The lowest BCUT2D eigenvalue weighted by Crippen LogP contribution is -2.46. The molecule has 5 rings (SSSR count). The van der Waals surface area contributed by atoms with Crippen LogP contribution in [-0.2, 0) is 10.0 Å². The molecule has 1 aromatic carbocycles. The monoisotopic (exact) mass is 415 g/mol. The molecular weight excluding hydrogens is 390 g/mol. The number of hydrogen-bond acceptors (Lipinski definition) is 7. The van der Waals surface area contributed by atoms with E-state index in [2.05, 4.69) is 15.2 Å². The fraction of sp³-hybridized carbons (Fsp3) is 0.450. The predicted molar refractivity (Wildman–Crippen MR) is 111 cm³/mol. The molecule has 3 aliphatic rings. The molecule has 1 unspecified atom stereocenters. The Morgan fingerprint density at radius 3 is 2.79 bits per heavy atom. The molecule has 1 atom stereocenters. The molecule has 8 nitrogen and oxygen atoms in total. The molecule has 0 radical (unpaired) electrons. The number of ether oxygens (including phenoxy) is 1. The molecule has 0 saturated carbocycles. The van der Waals surface area contributed by atoms with Crippen molar-refractivity contribution in [3.63, 3.8) is 0 Å². The molecule has 1 N–H and O–H groups in total. The van der Waals surface area contributed by atoms with Gasteiger partial charge in [0.25, 0.3) is 10.0 Å². The largest absolute Gasteiger partial charge is 0.490 e. The van der Waals surface area contributed by atoms with Crippen LogP contribution in [0, 0.1) is 0 Å². The van der Waals surface area contributed by atoms with Gasteiger partial charge in [0.15, 0.2) is 0 Å². The minimum absolute atomic E-state index is 0.0216. The van der Waals surface area contributed by atoms with E-state index in [1.165, 1.54) is 4.31 Å². The third-order valence-corrected chi connectivity index (χ3v) is 7.72. The lowest BCUT2D eigenvalue weighted by molar-refractivity contribution is 0.181. The zero-order valence-corrected chi connectivity index (χ0v) is 17.2. The first-order chi connectivity index (χ1) is 14.1. The maximum absolute atomic E-state index is 13.6. The third kappa shape index (κ3) is 3.13. The predicted octanol–water partition coefficient (Wildman–Crippen LogP) is 1.07. The number of nitrogens with zero attached hydrogens (tertiary/aromatic N) is 4. The maximum Gasteiger partial charge on any atom is 0.264 e. The third-order valence-electron chi connectivity index (χ3n) is 5.95. The average molecular weight is 416 g/mol. The lowest BCUT2D eigenvalue weighted by Gasteiger charge is -2.32. The number of pyridine rings is 1. The minimum atomic E-state index is -3.71. The Kier molecular flexibility index (Phi) is 4.60. The van der Waals surface area contributed by atoms with Gasteiger partial charge in [0.1, 0.15) is 12.4 Å². The molecule has 154 valence electrons. The Labute approximate surface area is 171 Å². The molecule has 2 aromatic rings. The second-order valence-electron chi connectivity index (χ2n) is 7.65. The normalized spacial score (nSPS) is 22.2. The highest BCUT2D eigenvalue weighted by molar-refractivity contribution is 7.92. The molecule has 1 saturated heterocycles. The zero-order valence-electron chi connectivity index (χ0n) is 16.4. The van der Waals surface area contributed by atoms with Crippen LogP contribution in [0.2, 0.25) is 0 Å². The second-order valence-corrected chi connectivity index (χ2v) is 9.51. The maximum atomic E-state index is 13.6. The number of benzene rings is 1. The van der Waals surface area contributed by atoms with Crippen molar-refractivity contribution in [1.82, 2.24) is 15.2 Å². The number of hydrogen-bond donors (Lipinski definition) is 1. The van der Waals surface area contributed by atoms with Crippen LogP contribution in [-0.4, -0.2) is 71.2 Å². The minimum Gasteiger partial charge on any atom is -0.490 e. The summed E-state index contributed by atoms with van der Waals surface area (Å²) < 4.78 is 34.4. The van der Waals surface area contributed by atoms with Crippen LogP contribution in [0.15, 0.2) is 41.4 Å². The summed E-state index contributed by atoms with van der Waals surface area (Å²) in [6.07, 6.45) is 1.75. The summed E-state index contributed by atoms with van der Waals surface area (Å²) in [5.41, 5.74) is 2.33. The highest BCUT2D eigenvalue weighted by atomic mass is 32.2. The number of rotatable bonds is 3. The van der Waals surface area contributed by atoms with Gasteiger partial charge in [0.05, 0.1) is 41.1 Å². The summed E-state index contributed by atoms with van der Waals surface area (Å²) in [4.78, 5) is 9.20. The molecule has 1 fully saturated rings. The summed E-state index contributed by atoms with van der Waals surface area (Å²) in [7, 11) is -1.76. The van der Waals surface area contributed by atoms with Crippen molar-refractivity contribution in [3.8, 4) is 5.75 Å². The van der Waals surface area contributed by atoms with Gasteiger partial charge in [0, 0.05) is 39.4 Å². The summed E-state index contributed by atoms with van der Waals surface area (Å²) in [5, 5.41) is 3.35. The van der Waals surface area contributed by atoms with E-state index in [0.29, 0.717) is 18.8 Å². The Morgan fingerprint density at radius 1 is 1.14 bits per heavy atom. The summed E-state index contributed by atoms with van der Waals surface area (Å²) in [6.45, 7) is 5.31. The molecule has 0 amide bonds. The van der Waals surface area contributed by atoms with Crippen molar-refractivity contribution in [2.45, 2.75) is 10.9 Å². The van der Waals surface area contributed by atoms with E-state index in [1.54, 1.807) is 30.5 Å². The van der Waals surface area contributed by atoms with Crippen LogP contribution in [0.25, 0.3) is 0 Å². The van der Waals surface area contributed by atoms with Crippen LogP contribution in [0.1, 0.15) is 11.7 Å². The quantitative estimate of drug-likeness (QED) is 0.803. The summed E-state index contributed by atoms with van der Waals surface area (Å²) in [6, 6.07) is 8.75. The first-order valence-corrected chi connectivity index (χ1v) is 11.4. The van der Waals surface area contributed by atoms with Crippen molar-refractivity contribution in [1.29, 1.82) is 0 Å². The number of likely N-dealkylation sites (N-methyl/N-ethyl adjacent to an activating group) is 1. The Bertz CT molecular complexity index is 1020. The SMILES string of the molecule is CN1CCOc2ccc(S(=O)(=O)N3CC(N4CCNCC4)c4ncccc43)cc21. The lowest BCUT2D eigenvalue weighted by atomic mass is 10.1. The van der Waals surface area contributed by atoms with Gasteiger partial charge in [-0.2, -0.15) is 0 Å². The Hall–Kier alpha value is -2.36. The van der Waals surface area contributed by atoms with Crippen molar-refractivity contribution in [3.05, 3.63) is 42.2 Å². The summed E-state index contributed by atoms with van der Waals surface area (Å²) in [5.74, 6) is 0.722. The molecule has 9 heteroatoms. The smallest absolute Gasteiger partial charge is 0.264 e. The number of aromatic nitrogens is 1. The number of sulfonamides is 1. The van der Waals surface area contributed by atoms with E-state index >= 15 is 0 Å². The van der Waals surface area contributed by atoms with Gasteiger partial charge in [-0.05, 0) is 30.3 Å². The van der Waals surface area contributed by atoms with Crippen molar-refractivity contribution in [2.75, 3.05) is 62.1 Å². The molecule has 0 spiro atoms. The van der Waals surface area contributed by atoms with Crippen molar-refractivity contribution >= 4 is 21.4 Å². The van der Waals surface area contributed by atoms with E-state index in [-0.39, 0.29) is 10.9 Å².